The van der Waals surface area contributed by atoms with Gasteiger partial charge in [-0.2, -0.15) is 0 Å². The van der Waals surface area contributed by atoms with Crippen LogP contribution in [0.25, 0.3) is 0 Å². The lowest BCUT2D eigenvalue weighted by Crippen LogP contribution is -2.53. The Labute approximate surface area is 207 Å². The first kappa shape index (κ1) is 25.0. The number of carbonyl (C=O) groups excluding carboxylic acids is 3. The van der Waals surface area contributed by atoms with E-state index >= 15 is 0 Å². The number of nitrogens with one attached hydrogen (secondary N) is 1. The molecule has 0 saturated carbocycles. The normalized spacial score (nSPS) is 15.2. The summed E-state index contributed by atoms with van der Waals surface area (Å²) in [5.41, 5.74) is 8.62. The Morgan fingerprint density at radius 3 is 2.11 bits per heavy atom. The van der Waals surface area contributed by atoms with Crippen molar-refractivity contribution in [3.63, 3.8) is 0 Å². The monoisotopic (exact) mass is 492 g/mol. The van der Waals surface area contributed by atoms with E-state index in [1.54, 1.807) is 24.3 Å². The highest BCUT2D eigenvalue weighted by Gasteiger charge is 2.43. The summed E-state index contributed by atoms with van der Waals surface area (Å²) in [7, 11) is 0. The van der Waals surface area contributed by atoms with Gasteiger partial charge in [0, 0.05) is 37.3 Å². The molecule has 1 aliphatic heterocycles. The topological polar surface area (TPSA) is 95.7 Å². The first-order valence-corrected chi connectivity index (χ1v) is 11.5. The predicted molar refractivity (Wildman–Crippen MR) is 130 cm³/mol. The molecule has 1 fully saturated rings. The van der Waals surface area contributed by atoms with Gasteiger partial charge in [-0.1, -0.05) is 42.0 Å². The summed E-state index contributed by atoms with van der Waals surface area (Å²) in [6.45, 7) is 2.55. The first-order chi connectivity index (χ1) is 17.3. The van der Waals surface area contributed by atoms with Crippen LogP contribution in [0.4, 0.5) is 8.78 Å². The smallest absolute Gasteiger partial charge is 0.264 e. The SMILES string of the molecule is Cc1ccc(C(=O)N2CCN(C(=O)c3ccc(F)c(F)c3)C2C(=O)NCc2cccc(CN)c2)cc1. The van der Waals surface area contributed by atoms with Crippen molar-refractivity contribution in [1.82, 2.24) is 15.1 Å². The number of halogens is 2. The largest absolute Gasteiger partial charge is 0.349 e. The minimum atomic E-state index is -1.27. The molecule has 3 aromatic rings. The van der Waals surface area contributed by atoms with E-state index in [0.29, 0.717) is 12.1 Å². The van der Waals surface area contributed by atoms with E-state index in [0.717, 1.165) is 34.9 Å². The molecule has 0 aromatic heterocycles. The highest BCUT2D eigenvalue weighted by molar-refractivity contribution is 6.02. The lowest BCUT2D eigenvalue weighted by molar-refractivity contribution is -0.128. The second-order valence-corrected chi connectivity index (χ2v) is 8.61. The summed E-state index contributed by atoms with van der Waals surface area (Å²) in [6.07, 6.45) is -1.27. The average molecular weight is 493 g/mol. The van der Waals surface area contributed by atoms with Gasteiger partial charge >= 0.3 is 0 Å². The van der Waals surface area contributed by atoms with E-state index in [-0.39, 0.29) is 25.2 Å². The second-order valence-electron chi connectivity index (χ2n) is 8.61. The van der Waals surface area contributed by atoms with Crippen molar-refractivity contribution in [1.29, 1.82) is 0 Å². The maximum atomic E-state index is 13.8. The van der Waals surface area contributed by atoms with Crippen LogP contribution in [-0.2, 0) is 17.9 Å². The summed E-state index contributed by atoms with van der Waals surface area (Å²) < 4.78 is 27.2. The molecule has 3 aromatic carbocycles. The van der Waals surface area contributed by atoms with Gasteiger partial charge in [0.15, 0.2) is 17.8 Å². The molecule has 1 unspecified atom stereocenters. The van der Waals surface area contributed by atoms with E-state index < -0.39 is 35.5 Å². The van der Waals surface area contributed by atoms with Gasteiger partial charge in [-0.15, -0.1) is 0 Å². The standard InChI is InChI=1S/C27H26F2N4O3/c1-17-5-7-20(8-6-17)26(35)32-11-12-33(27(36)21-9-10-22(28)23(29)14-21)25(32)24(34)31-16-19-4-2-3-18(13-19)15-30/h2-10,13-14,25H,11-12,15-16,30H2,1H3,(H,31,34). The number of nitrogens with two attached hydrogens (primary N) is 1. The van der Waals surface area contributed by atoms with Gasteiger partial charge in [0.1, 0.15) is 0 Å². The summed E-state index contributed by atoms with van der Waals surface area (Å²) in [6, 6.07) is 17.1. The molecule has 3 N–H and O–H groups in total. The minimum absolute atomic E-state index is 0.0518. The lowest BCUT2D eigenvalue weighted by Gasteiger charge is -2.29. The molecule has 1 aliphatic rings. The third-order valence-electron chi connectivity index (χ3n) is 6.09. The van der Waals surface area contributed by atoms with Crippen LogP contribution in [0.3, 0.4) is 0 Å². The van der Waals surface area contributed by atoms with Crippen molar-refractivity contribution in [2.24, 2.45) is 5.73 Å². The molecule has 3 amide bonds. The number of nitrogens with zero attached hydrogens (tertiary/aromatic N) is 2. The Balaban J connectivity index is 1.61. The average Bonchev–Trinajstić information content (AvgIpc) is 3.34. The van der Waals surface area contributed by atoms with Crippen LogP contribution in [0, 0.1) is 18.6 Å². The fourth-order valence-electron chi connectivity index (χ4n) is 4.14. The lowest BCUT2D eigenvalue weighted by atomic mass is 10.1. The summed E-state index contributed by atoms with van der Waals surface area (Å²) in [5.74, 6) is -3.92. The van der Waals surface area contributed by atoms with Crippen molar-refractivity contribution < 1.29 is 23.2 Å². The Kier molecular flexibility index (Phi) is 7.40. The molecule has 9 heteroatoms. The maximum Gasteiger partial charge on any atom is 0.264 e. The van der Waals surface area contributed by atoms with Gasteiger partial charge in [-0.3, -0.25) is 14.4 Å². The number of aryl methyl sites for hydroxylation is 1. The molecule has 1 atom stereocenters. The highest BCUT2D eigenvalue weighted by Crippen LogP contribution is 2.22. The van der Waals surface area contributed by atoms with Crippen LogP contribution < -0.4 is 11.1 Å². The minimum Gasteiger partial charge on any atom is -0.349 e. The van der Waals surface area contributed by atoms with Crippen molar-refractivity contribution in [3.8, 4) is 0 Å². The number of benzene rings is 3. The van der Waals surface area contributed by atoms with E-state index in [2.05, 4.69) is 5.32 Å². The fraction of sp³-hybridized carbons (Fsp3) is 0.222. The Hall–Kier alpha value is -4.11. The highest BCUT2D eigenvalue weighted by atomic mass is 19.2. The van der Waals surface area contributed by atoms with Gasteiger partial charge in [-0.25, -0.2) is 8.78 Å². The van der Waals surface area contributed by atoms with Crippen molar-refractivity contribution in [3.05, 3.63) is 106 Å². The zero-order valence-electron chi connectivity index (χ0n) is 19.7. The molecular formula is C27H26F2N4O3. The van der Waals surface area contributed by atoms with Gasteiger partial charge in [-0.05, 0) is 48.4 Å². The third kappa shape index (κ3) is 5.26. The molecule has 0 radical (unpaired) electrons. The molecule has 0 bridgehead atoms. The summed E-state index contributed by atoms with van der Waals surface area (Å²) in [4.78, 5) is 42.5. The quantitative estimate of drug-likeness (QED) is 0.553. The van der Waals surface area contributed by atoms with Crippen LogP contribution >= 0.6 is 0 Å². The Morgan fingerprint density at radius 2 is 1.47 bits per heavy atom. The number of hydrogen-bond donors (Lipinski definition) is 2. The molecule has 1 saturated heterocycles. The number of amides is 3. The van der Waals surface area contributed by atoms with Crippen LogP contribution in [0.2, 0.25) is 0 Å². The first-order valence-electron chi connectivity index (χ1n) is 11.5. The zero-order valence-corrected chi connectivity index (χ0v) is 19.7. The predicted octanol–water partition coefficient (Wildman–Crippen LogP) is 2.97. The van der Waals surface area contributed by atoms with Gasteiger partial charge in [0.25, 0.3) is 17.7 Å². The molecule has 7 nitrogen and oxygen atoms in total. The fourth-order valence-corrected chi connectivity index (χ4v) is 4.14. The zero-order chi connectivity index (χ0) is 25.8. The molecule has 4 rings (SSSR count). The van der Waals surface area contributed by atoms with Crippen LogP contribution in [0.5, 0.6) is 0 Å². The van der Waals surface area contributed by atoms with Gasteiger partial charge < -0.3 is 20.9 Å². The molecule has 0 spiro atoms. The van der Waals surface area contributed by atoms with E-state index in [9.17, 15) is 23.2 Å². The van der Waals surface area contributed by atoms with Crippen molar-refractivity contribution in [2.45, 2.75) is 26.2 Å². The number of carbonyl (C=O) groups is 3. The molecule has 186 valence electrons. The van der Waals surface area contributed by atoms with Crippen LogP contribution in [-0.4, -0.2) is 46.8 Å². The Morgan fingerprint density at radius 1 is 0.861 bits per heavy atom. The Bertz CT molecular complexity index is 1300. The van der Waals surface area contributed by atoms with Crippen LogP contribution in [0.15, 0.2) is 66.7 Å². The van der Waals surface area contributed by atoms with Crippen LogP contribution in [0.1, 0.15) is 37.4 Å². The van der Waals surface area contributed by atoms with E-state index in [1.165, 1.54) is 9.80 Å². The number of hydrogen-bond acceptors (Lipinski definition) is 4. The van der Waals surface area contributed by atoms with Crippen molar-refractivity contribution in [2.75, 3.05) is 13.1 Å². The molecular weight excluding hydrogens is 466 g/mol. The molecule has 0 aliphatic carbocycles. The summed E-state index contributed by atoms with van der Waals surface area (Å²) in [5, 5.41) is 2.79. The third-order valence-corrected chi connectivity index (χ3v) is 6.09. The van der Waals surface area contributed by atoms with Gasteiger partial charge in [0.05, 0.1) is 0 Å². The van der Waals surface area contributed by atoms with Gasteiger partial charge in [0.2, 0.25) is 0 Å². The van der Waals surface area contributed by atoms with Crippen molar-refractivity contribution >= 4 is 17.7 Å². The number of rotatable bonds is 6. The van der Waals surface area contributed by atoms with E-state index in [1.807, 2.05) is 31.2 Å². The molecule has 36 heavy (non-hydrogen) atoms. The molecule has 1 heterocycles. The maximum absolute atomic E-state index is 13.8. The van der Waals surface area contributed by atoms with E-state index in [4.69, 9.17) is 5.73 Å². The summed E-state index contributed by atoms with van der Waals surface area (Å²) >= 11 is 0. The second kappa shape index (κ2) is 10.7.